The smallest absolute Gasteiger partial charge is 0.0482 e. The summed E-state index contributed by atoms with van der Waals surface area (Å²) in [6.45, 7) is 2.43. The molecule has 2 heteroatoms. The maximum atomic E-state index is 3.80. The Bertz CT molecular complexity index is 1810. The van der Waals surface area contributed by atoms with Gasteiger partial charge in [-0.15, -0.1) is 11.3 Å². The Balaban J connectivity index is 1.52. The zero-order valence-corrected chi connectivity index (χ0v) is 19.5. The lowest BCUT2D eigenvalue weighted by molar-refractivity contribution is 0.712. The number of fused-ring (bicyclic) bond motifs is 8. The van der Waals surface area contributed by atoms with E-state index in [1.807, 2.05) is 11.3 Å². The van der Waals surface area contributed by atoms with Gasteiger partial charge in [0, 0.05) is 37.0 Å². The summed E-state index contributed by atoms with van der Waals surface area (Å²) in [5.41, 5.74) is 11.7. The molecule has 1 N–H and O–H groups in total. The molecule has 0 fully saturated rings. The van der Waals surface area contributed by atoms with Gasteiger partial charge in [0.2, 0.25) is 0 Å². The molecule has 0 saturated heterocycles. The number of thiophene rings is 1. The van der Waals surface area contributed by atoms with E-state index < -0.39 is 0 Å². The molecule has 0 amide bonds. The topological polar surface area (TPSA) is 12.0 Å². The lowest BCUT2D eigenvalue weighted by Gasteiger charge is -2.38. The van der Waals surface area contributed by atoms with Crippen LogP contribution in [0.15, 0.2) is 103 Å². The summed E-state index contributed by atoms with van der Waals surface area (Å²) in [5, 5.41) is 6.51. The molecule has 1 aliphatic heterocycles. The average Bonchev–Trinajstić information content (AvgIpc) is 3.39. The van der Waals surface area contributed by atoms with Gasteiger partial charge in [0.1, 0.15) is 0 Å². The highest BCUT2D eigenvalue weighted by Crippen LogP contribution is 2.61. The molecule has 2 aliphatic rings. The fourth-order valence-corrected chi connectivity index (χ4v) is 7.66. The molecule has 0 spiro atoms. The maximum Gasteiger partial charge on any atom is 0.0482 e. The summed E-state index contributed by atoms with van der Waals surface area (Å²) >= 11 is 1.89. The molecule has 5 aromatic carbocycles. The van der Waals surface area contributed by atoms with Crippen molar-refractivity contribution in [1.82, 2.24) is 0 Å². The normalized spacial score (nSPS) is 17.3. The van der Waals surface area contributed by atoms with Gasteiger partial charge in [-0.3, -0.25) is 0 Å². The van der Waals surface area contributed by atoms with Crippen LogP contribution in [0, 0.1) is 0 Å². The Hall–Kier alpha value is -3.88. The molecular weight excluding hydrogens is 430 g/mol. The minimum absolute atomic E-state index is 0.215. The summed E-state index contributed by atoms with van der Waals surface area (Å²) in [6, 6.07) is 38.0. The van der Waals surface area contributed by atoms with Gasteiger partial charge in [0.25, 0.3) is 0 Å². The highest BCUT2D eigenvalue weighted by atomic mass is 32.1. The second-order valence-electron chi connectivity index (χ2n) is 9.53. The largest absolute Gasteiger partial charge is 0.355 e. The van der Waals surface area contributed by atoms with Gasteiger partial charge in [0.15, 0.2) is 0 Å². The molecule has 8 rings (SSSR count). The van der Waals surface area contributed by atoms with Gasteiger partial charge in [0.05, 0.1) is 0 Å². The molecule has 0 radical (unpaired) electrons. The lowest BCUT2D eigenvalue weighted by atomic mass is 9.68. The Morgan fingerprint density at radius 1 is 0.559 bits per heavy atom. The number of nitrogens with one attached hydrogen (secondary N) is 1. The van der Waals surface area contributed by atoms with Crippen LogP contribution in [-0.2, 0) is 5.41 Å². The third-order valence-corrected chi connectivity index (χ3v) is 8.98. The van der Waals surface area contributed by atoms with Crippen LogP contribution >= 0.6 is 11.3 Å². The Morgan fingerprint density at radius 2 is 1.15 bits per heavy atom. The standard InChI is InChI=1S/C32H21NS/c1-32-24-14-4-2-9-19(24)21-12-6-15-25(30(21)32)33-26-16-7-13-22(31(26)32)20-11-8-18-28-29(20)23-10-3-5-17-27(23)34-28/h2-18,33H,1H3. The van der Waals surface area contributed by atoms with E-state index in [-0.39, 0.29) is 5.41 Å². The van der Waals surface area contributed by atoms with Crippen LogP contribution in [0.5, 0.6) is 0 Å². The molecule has 1 nitrogen and oxygen atoms in total. The molecule has 1 aromatic heterocycles. The number of rotatable bonds is 1. The average molecular weight is 452 g/mol. The van der Waals surface area contributed by atoms with E-state index in [9.17, 15) is 0 Å². The summed E-state index contributed by atoms with van der Waals surface area (Å²) < 4.78 is 2.69. The summed E-state index contributed by atoms with van der Waals surface area (Å²) in [5.74, 6) is 0. The monoisotopic (exact) mass is 451 g/mol. The molecule has 1 aliphatic carbocycles. The molecule has 34 heavy (non-hydrogen) atoms. The number of hydrogen-bond acceptors (Lipinski definition) is 2. The van der Waals surface area contributed by atoms with Crippen molar-refractivity contribution in [3.8, 4) is 22.3 Å². The van der Waals surface area contributed by atoms with Crippen molar-refractivity contribution < 1.29 is 0 Å². The fraction of sp³-hybridized carbons (Fsp3) is 0.0625. The van der Waals surface area contributed by atoms with E-state index in [0.29, 0.717) is 0 Å². The molecule has 6 aromatic rings. The van der Waals surface area contributed by atoms with Crippen LogP contribution in [0.25, 0.3) is 42.4 Å². The van der Waals surface area contributed by atoms with Crippen molar-refractivity contribution in [2.24, 2.45) is 0 Å². The molecule has 1 unspecified atom stereocenters. The first-order valence-electron chi connectivity index (χ1n) is 11.8. The molecule has 0 saturated carbocycles. The van der Waals surface area contributed by atoms with Gasteiger partial charge in [-0.25, -0.2) is 0 Å². The summed E-state index contributed by atoms with van der Waals surface area (Å²) in [6.07, 6.45) is 0. The number of hydrogen-bond donors (Lipinski definition) is 1. The number of benzene rings is 5. The van der Waals surface area contributed by atoms with Crippen molar-refractivity contribution >= 4 is 42.9 Å². The quantitative estimate of drug-likeness (QED) is 0.263. The van der Waals surface area contributed by atoms with Gasteiger partial charge in [-0.05, 0) is 70.1 Å². The SMILES string of the molecule is CC12c3ccccc3-c3cccc(c31)Nc1cccc(-c3cccc4sc5ccccc5c34)c12. The van der Waals surface area contributed by atoms with E-state index in [2.05, 4.69) is 115 Å². The molecule has 160 valence electrons. The molecule has 2 heterocycles. The fourth-order valence-electron chi connectivity index (χ4n) is 6.53. The van der Waals surface area contributed by atoms with E-state index in [4.69, 9.17) is 0 Å². The number of anilines is 2. The predicted octanol–water partition coefficient (Wildman–Crippen LogP) is 9.11. The zero-order valence-electron chi connectivity index (χ0n) is 18.7. The van der Waals surface area contributed by atoms with Gasteiger partial charge < -0.3 is 5.32 Å². The third kappa shape index (κ3) is 2.15. The first-order chi connectivity index (χ1) is 16.7. The predicted molar refractivity (Wildman–Crippen MR) is 145 cm³/mol. The second-order valence-corrected chi connectivity index (χ2v) is 10.6. The molecular formula is C32H21NS. The minimum atomic E-state index is -0.215. The lowest BCUT2D eigenvalue weighted by Crippen LogP contribution is -2.29. The van der Waals surface area contributed by atoms with Crippen LogP contribution in [0.1, 0.15) is 23.6 Å². The zero-order chi connectivity index (χ0) is 22.4. The summed E-state index contributed by atoms with van der Waals surface area (Å²) in [4.78, 5) is 0. The Labute approximate surface area is 202 Å². The van der Waals surface area contributed by atoms with Gasteiger partial charge in [-0.1, -0.05) is 78.9 Å². The Morgan fingerprint density at radius 3 is 1.97 bits per heavy atom. The van der Waals surface area contributed by atoms with Crippen LogP contribution < -0.4 is 5.32 Å². The first kappa shape index (κ1) is 18.5. The maximum absolute atomic E-state index is 3.80. The van der Waals surface area contributed by atoms with Crippen LogP contribution in [0.4, 0.5) is 11.4 Å². The summed E-state index contributed by atoms with van der Waals surface area (Å²) in [7, 11) is 0. The van der Waals surface area contributed by atoms with Crippen LogP contribution in [0.3, 0.4) is 0 Å². The van der Waals surface area contributed by atoms with E-state index in [0.717, 1.165) is 0 Å². The first-order valence-corrected chi connectivity index (χ1v) is 12.6. The second kappa shape index (κ2) is 6.37. The van der Waals surface area contributed by atoms with Crippen LogP contribution in [0.2, 0.25) is 0 Å². The van der Waals surface area contributed by atoms with Crippen molar-refractivity contribution in [2.75, 3.05) is 5.32 Å². The third-order valence-electron chi connectivity index (χ3n) is 7.85. The van der Waals surface area contributed by atoms with E-state index >= 15 is 0 Å². The minimum Gasteiger partial charge on any atom is -0.355 e. The van der Waals surface area contributed by atoms with Crippen molar-refractivity contribution in [3.63, 3.8) is 0 Å². The van der Waals surface area contributed by atoms with Crippen molar-refractivity contribution in [3.05, 3.63) is 120 Å². The van der Waals surface area contributed by atoms with Crippen molar-refractivity contribution in [2.45, 2.75) is 12.3 Å². The molecule has 1 atom stereocenters. The highest BCUT2D eigenvalue weighted by Gasteiger charge is 2.47. The van der Waals surface area contributed by atoms with Crippen LogP contribution in [-0.4, -0.2) is 0 Å². The van der Waals surface area contributed by atoms with Gasteiger partial charge >= 0.3 is 0 Å². The highest BCUT2D eigenvalue weighted by molar-refractivity contribution is 7.25. The van der Waals surface area contributed by atoms with E-state index in [1.54, 1.807) is 0 Å². The van der Waals surface area contributed by atoms with Crippen molar-refractivity contribution in [1.29, 1.82) is 0 Å². The van der Waals surface area contributed by atoms with Gasteiger partial charge in [-0.2, -0.15) is 0 Å². The van der Waals surface area contributed by atoms with E-state index in [1.165, 1.54) is 70.5 Å². The Kier molecular flexibility index (Phi) is 3.47. The molecule has 0 bridgehead atoms.